The lowest BCUT2D eigenvalue weighted by Crippen LogP contribution is -2.53. The number of carbonyl (C=O) groups is 2. The third-order valence-corrected chi connectivity index (χ3v) is 5.41. The molecule has 1 saturated heterocycles. The third kappa shape index (κ3) is 3.93. The maximum absolute atomic E-state index is 12.8. The predicted molar refractivity (Wildman–Crippen MR) is 120 cm³/mol. The van der Waals surface area contributed by atoms with Crippen molar-refractivity contribution in [3.05, 3.63) is 71.1 Å². The van der Waals surface area contributed by atoms with Crippen LogP contribution in [0.3, 0.4) is 0 Å². The smallest absolute Gasteiger partial charge is 0.265 e. The van der Waals surface area contributed by atoms with Crippen LogP contribution in [0.2, 0.25) is 0 Å². The highest BCUT2D eigenvalue weighted by Gasteiger charge is 2.32. The lowest BCUT2D eigenvalue weighted by molar-refractivity contribution is -0.128. The van der Waals surface area contributed by atoms with Crippen molar-refractivity contribution in [3.8, 4) is 5.69 Å². The summed E-state index contributed by atoms with van der Waals surface area (Å²) in [6.45, 7) is 12.2. The molecule has 1 aromatic heterocycles. The molecule has 0 unspecified atom stereocenters. The van der Waals surface area contributed by atoms with Crippen molar-refractivity contribution in [3.63, 3.8) is 0 Å². The van der Waals surface area contributed by atoms with Gasteiger partial charge in [-0.25, -0.2) is 0 Å². The van der Waals surface area contributed by atoms with Crippen molar-refractivity contribution in [2.75, 3.05) is 6.54 Å². The van der Waals surface area contributed by atoms with Crippen LogP contribution in [-0.2, 0) is 9.59 Å². The van der Waals surface area contributed by atoms with Gasteiger partial charge in [-0.15, -0.1) is 6.58 Å². The van der Waals surface area contributed by atoms with E-state index in [-0.39, 0.29) is 17.2 Å². The number of aryl methyl sites for hydroxylation is 1. The van der Waals surface area contributed by atoms with E-state index in [1.807, 2.05) is 19.9 Å². The van der Waals surface area contributed by atoms with Crippen molar-refractivity contribution in [1.82, 2.24) is 14.8 Å². The van der Waals surface area contributed by atoms with Crippen molar-refractivity contribution in [1.29, 1.82) is 0 Å². The van der Waals surface area contributed by atoms with Crippen LogP contribution < -0.4 is 5.32 Å². The Morgan fingerprint density at radius 2 is 1.83 bits per heavy atom. The third-order valence-electron chi connectivity index (χ3n) is 5.09. The maximum Gasteiger partial charge on any atom is 0.265 e. The molecule has 2 amide bonds. The summed E-state index contributed by atoms with van der Waals surface area (Å²) in [6.07, 6.45) is 3.21. The van der Waals surface area contributed by atoms with Gasteiger partial charge >= 0.3 is 0 Å². The summed E-state index contributed by atoms with van der Waals surface area (Å²) in [5.74, 6) is -0.423. The van der Waals surface area contributed by atoms with E-state index in [1.165, 1.54) is 10.5 Å². The molecule has 5 nitrogen and oxygen atoms in total. The molecule has 2 heterocycles. The fraction of sp³-hybridized carbons (Fsp3) is 0.261. The number of nitrogens with zero attached hydrogens (tertiary/aromatic N) is 2. The SMILES string of the molecule is C=CCN1C(=O)C(=Cc2cc(C)n(-c3ccc(C(C)C)cc3)c2C)C(=O)NC1=S. The van der Waals surface area contributed by atoms with Crippen LogP contribution in [0.1, 0.15) is 42.3 Å². The second kappa shape index (κ2) is 8.17. The van der Waals surface area contributed by atoms with Gasteiger partial charge in [-0.2, -0.15) is 0 Å². The Morgan fingerprint density at radius 3 is 2.41 bits per heavy atom. The number of aromatic nitrogens is 1. The molecule has 1 aliphatic rings. The predicted octanol–water partition coefficient (Wildman–Crippen LogP) is 4.03. The first-order valence-corrected chi connectivity index (χ1v) is 9.94. The van der Waals surface area contributed by atoms with Crippen molar-refractivity contribution in [2.24, 2.45) is 0 Å². The summed E-state index contributed by atoms with van der Waals surface area (Å²) in [4.78, 5) is 26.5. The van der Waals surface area contributed by atoms with Crippen LogP contribution in [0.15, 0.2) is 48.6 Å². The molecule has 0 spiro atoms. The number of amides is 2. The van der Waals surface area contributed by atoms with Gasteiger partial charge in [-0.1, -0.05) is 32.1 Å². The standard InChI is InChI=1S/C23H25N3O2S/c1-6-11-25-22(28)20(21(27)24-23(25)29)13-18-12-15(4)26(16(18)5)19-9-7-17(8-10-19)14(2)3/h6-10,12-14H,1,11H2,2-5H3,(H,24,27,29). The maximum atomic E-state index is 12.8. The topological polar surface area (TPSA) is 54.3 Å². The first kappa shape index (κ1) is 20.7. The van der Waals surface area contributed by atoms with Crippen molar-refractivity contribution >= 4 is 35.2 Å². The van der Waals surface area contributed by atoms with Gasteiger partial charge in [0.2, 0.25) is 0 Å². The first-order chi connectivity index (χ1) is 13.7. The van der Waals surface area contributed by atoms with Crippen molar-refractivity contribution < 1.29 is 9.59 Å². The number of benzene rings is 1. The van der Waals surface area contributed by atoms with Crippen LogP contribution in [0, 0.1) is 13.8 Å². The summed E-state index contributed by atoms with van der Waals surface area (Å²) in [6, 6.07) is 10.4. The summed E-state index contributed by atoms with van der Waals surface area (Å²) in [7, 11) is 0. The molecule has 1 aromatic carbocycles. The Morgan fingerprint density at radius 1 is 1.17 bits per heavy atom. The van der Waals surface area contributed by atoms with E-state index < -0.39 is 11.8 Å². The summed E-state index contributed by atoms with van der Waals surface area (Å²) in [5, 5.41) is 2.68. The molecule has 1 aliphatic heterocycles. The summed E-state index contributed by atoms with van der Waals surface area (Å²) < 4.78 is 2.12. The van der Waals surface area contributed by atoms with Crippen LogP contribution >= 0.6 is 12.2 Å². The van der Waals surface area contributed by atoms with E-state index in [0.29, 0.717) is 5.92 Å². The van der Waals surface area contributed by atoms with E-state index in [4.69, 9.17) is 12.2 Å². The molecule has 0 saturated carbocycles. The molecule has 6 heteroatoms. The van der Waals surface area contributed by atoms with Crippen molar-refractivity contribution in [2.45, 2.75) is 33.6 Å². The lowest BCUT2D eigenvalue weighted by Gasteiger charge is -2.27. The summed E-state index contributed by atoms with van der Waals surface area (Å²) in [5.41, 5.74) is 5.19. The molecule has 0 radical (unpaired) electrons. The molecule has 0 bridgehead atoms. The molecule has 2 aromatic rings. The van der Waals surface area contributed by atoms with Gasteiger partial charge in [-0.05, 0) is 67.4 Å². The Balaban J connectivity index is 2.01. The van der Waals surface area contributed by atoms with E-state index in [1.54, 1.807) is 12.2 Å². The van der Waals surface area contributed by atoms with Gasteiger partial charge in [0.1, 0.15) is 5.57 Å². The number of thiocarbonyl (C=S) groups is 1. The van der Waals surface area contributed by atoms with E-state index >= 15 is 0 Å². The van der Waals surface area contributed by atoms with Crippen LogP contribution in [0.25, 0.3) is 11.8 Å². The second-order valence-electron chi connectivity index (χ2n) is 7.43. The monoisotopic (exact) mass is 407 g/mol. The van der Waals surface area contributed by atoms with Crippen LogP contribution in [0.4, 0.5) is 0 Å². The lowest BCUT2D eigenvalue weighted by atomic mass is 10.0. The van der Waals surface area contributed by atoms with Gasteiger partial charge in [0.05, 0.1) is 0 Å². The molecule has 1 fully saturated rings. The van der Waals surface area contributed by atoms with E-state index in [9.17, 15) is 9.59 Å². The largest absolute Gasteiger partial charge is 0.318 e. The van der Waals surface area contributed by atoms with Gasteiger partial charge in [0.25, 0.3) is 11.8 Å². The number of hydrogen-bond donors (Lipinski definition) is 1. The molecule has 150 valence electrons. The average Bonchev–Trinajstić information content (AvgIpc) is 2.95. The zero-order valence-corrected chi connectivity index (χ0v) is 18.0. The minimum atomic E-state index is -0.480. The highest BCUT2D eigenvalue weighted by Crippen LogP contribution is 2.25. The Bertz CT molecular complexity index is 1030. The van der Waals surface area contributed by atoms with Gasteiger partial charge in [0, 0.05) is 23.6 Å². The molecule has 29 heavy (non-hydrogen) atoms. The molecular formula is C23H25N3O2S. The molecule has 3 rings (SSSR count). The average molecular weight is 408 g/mol. The quantitative estimate of drug-likeness (QED) is 0.352. The number of carbonyl (C=O) groups excluding carboxylic acids is 2. The Labute approximate surface area is 176 Å². The fourth-order valence-electron chi connectivity index (χ4n) is 3.48. The normalized spacial score (nSPS) is 16.0. The van der Waals surface area contributed by atoms with E-state index in [0.717, 1.165) is 22.6 Å². The summed E-state index contributed by atoms with van der Waals surface area (Å²) >= 11 is 5.10. The molecule has 0 aliphatic carbocycles. The van der Waals surface area contributed by atoms with Crippen LogP contribution in [0.5, 0.6) is 0 Å². The zero-order chi connectivity index (χ0) is 21.3. The highest BCUT2D eigenvalue weighted by molar-refractivity contribution is 7.80. The zero-order valence-electron chi connectivity index (χ0n) is 17.2. The number of hydrogen-bond acceptors (Lipinski definition) is 3. The number of nitrogens with one attached hydrogen (secondary N) is 1. The van der Waals surface area contributed by atoms with Gasteiger partial charge < -0.3 is 4.57 Å². The minimum Gasteiger partial charge on any atom is -0.318 e. The van der Waals surface area contributed by atoms with Crippen LogP contribution in [-0.4, -0.2) is 32.9 Å². The Kier molecular flexibility index (Phi) is 5.84. The van der Waals surface area contributed by atoms with E-state index in [2.05, 4.69) is 54.6 Å². The fourth-order valence-corrected chi connectivity index (χ4v) is 3.73. The number of rotatable bonds is 5. The molecular weight excluding hydrogens is 382 g/mol. The second-order valence-corrected chi connectivity index (χ2v) is 7.82. The first-order valence-electron chi connectivity index (χ1n) is 9.53. The molecule has 1 N–H and O–H groups in total. The highest BCUT2D eigenvalue weighted by atomic mass is 32.1. The van der Waals surface area contributed by atoms with Gasteiger partial charge in [-0.3, -0.25) is 19.8 Å². The Hall–Kier alpha value is -2.99. The molecule has 0 atom stereocenters. The van der Waals surface area contributed by atoms with Gasteiger partial charge in [0.15, 0.2) is 5.11 Å². The minimum absolute atomic E-state index is 0.0656.